The van der Waals surface area contributed by atoms with Crippen LogP contribution in [0.5, 0.6) is 0 Å². The molecule has 1 fully saturated rings. The molecule has 1 aromatic heterocycles. The number of nitrogens with one attached hydrogen (secondary N) is 3. The third-order valence-electron chi connectivity index (χ3n) is 5.29. The number of hydrogen-bond acceptors (Lipinski definition) is 4. The number of anilines is 1. The number of aryl methyl sites for hydroxylation is 2. The molecule has 3 rings (SSSR count). The van der Waals surface area contributed by atoms with E-state index in [2.05, 4.69) is 21.0 Å². The van der Waals surface area contributed by atoms with E-state index in [1.165, 1.54) is 0 Å². The number of rotatable bonds is 6. The molecule has 1 aliphatic heterocycles. The largest absolute Gasteiger partial charge is 0.341 e. The summed E-state index contributed by atoms with van der Waals surface area (Å²) in [6, 6.07) is 7.06. The predicted octanol–water partition coefficient (Wildman–Crippen LogP) is 2.05. The first-order valence-electron chi connectivity index (χ1n) is 10.0. The number of hydrogen-bond donors (Lipinski definition) is 3. The van der Waals surface area contributed by atoms with E-state index in [9.17, 15) is 9.59 Å². The van der Waals surface area contributed by atoms with Gasteiger partial charge in [-0.3, -0.25) is 9.48 Å². The summed E-state index contributed by atoms with van der Waals surface area (Å²) in [5.74, 6) is 0.289. The van der Waals surface area contributed by atoms with Crippen LogP contribution in [-0.2, 0) is 11.8 Å². The first-order valence-corrected chi connectivity index (χ1v) is 10.0. The van der Waals surface area contributed by atoms with Crippen LogP contribution in [0.4, 0.5) is 10.5 Å². The number of likely N-dealkylation sites (N-methyl/N-ethyl adjacent to an activating group) is 1. The van der Waals surface area contributed by atoms with E-state index in [4.69, 9.17) is 0 Å². The van der Waals surface area contributed by atoms with Crippen LogP contribution in [0.3, 0.4) is 0 Å². The molecule has 1 saturated heterocycles. The fourth-order valence-corrected chi connectivity index (χ4v) is 3.69. The van der Waals surface area contributed by atoms with Gasteiger partial charge in [-0.25, -0.2) is 4.79 Å². The second kappa shape index (κ2) is 9.56. The summed E-state index contributed by atoms with van der Waals surface area (Å²) in [6.07, 6.45) is 5.50. The molecule has 0 saturated carbocycles. The van der Waals surface area contributed by atoms with Crippen LogP contribution in [0, 0.1) is 12.8 Å². The molecule has 2 heterocycles. The van der Waals surface area contributed by atoms with Crippen LogP contribution in [0.1, 0.15) is 30.0 Å². The van der Waals surface area contributed by atoms with Crippen molar-refractivity contribution in [3.63, 3.8) is 0 Å². The zero-order valence-electron chi connectivity index (χ0n) is 17.3. The van der Waals surface area contributed by atoms with Gasteiger partial charge >= 0.3 is 6.03 Å². The molecular formula is C21H30N6O2. The van der Waals surface area contributed by atoms with Crippen molar-refractivity contribution in [2.45, 2.75) is 25.8 Å². The first kappa shape index (κ1) is 20.9. The van der Waals surface area contributed by atoms with Crippen molar-refractivity contribution < 1.29 is 9.59 Å². The van der Waals surface area contributed by atoms with Crippen molar-refractivity contribution in [3.05, 3.63) is 47.8 Å². The van der Waals surface area contributed by atoms with Crippen molar-refractivity contribution in [1.29, 1.82) is 0 Å². The Hall–Kier alpha value is -2.87. The standard InChI is InChI=1S/C21H30N6O2/c1-15-6-8-18(9-7-15)25-21(29)23-11-16-5-4-10-27(13-16)20(28)19(22-2)17-12-24-26(3)14-17/h6-9,12,14,16,19,22H,4-5,10-11,13H2,1-3H3,(H2,23,25,29). The van der Waals surface area contributed by atoms with Crippen LogP contribution >= 0.6 is 0 Å². The van der Waals surface area contributed by atoms with E-state index in [0.717, 1.165) is 36.2 Å². The number of piperidine rings is 1. The van der Waals surface area contributed by atoms with Gasteiger partial charge in [0.2, 0.25) is 5.91 Å². The molecule has 0 spiro atoms. The molecule has 0 radical (unpaired) electrons. The third-order valence-corrected chi connectivity index (χ3v) is 5.29. The monoisotopic (exact) mass is 398 g/mol. The van der Waals surface area contributed by atoms with E-state index in [1.807, 2.05) is 49.3 Å². The fraction of sp³-hybridized carbons (Fsp3) is 0.476. The number of carbonyl (C=O) groups excluding carboxylic acids is 2. The van der Waals surface area contributed by atoms with Crippen molar-refractivity contribution in [2.24, 2.45) is 13.0 Å². The second-order valence-electron chi connectivity index (χ2n) is 7.66. The Kier molecular flexibility index (Phi) is 6.87. The van der Waals surface area contributed by atoms with Gasteiger partial charge in [0, 0.05) is 44.1 Å². The van der Waals surface area contributed by atoms with Crippen LogP contribution in [0.25, 0.3) is 0 Å². The Morgan fingerprint density at radius 1 is 1.28 bits per heavy atom. The smallest absolute Gasteiger partial charge is 0.319 e. The van der Waals surface area contributed by atoms with Gasteiger partial charge in [-0.1, -0.05) is 17.7 Å². The van der Waals surface area contributed by atoms with E-state index in [1.54, 1.807) is 17.9 Å². The minimum absolute atomic E-state index is 0.0503. The molecule has 3 amide bonds. The fourth-order valence-electron chi connectivity index (χ4n) is 3.69. The molecule has 0 aliphatic carbocycles. The van der Waals surface area contributed by atoms with Gasteiger partial charge < -0.3 is 20.9 Å². The average Bonchev–Trinajstić information content (AvgIpc) is 3.15. The van der Waals surface area contributed by atoms with Gasteiger partial charge in [-0.2, -0.15) is 5.10 Å². The van der Waals surface area contributed by atoms with Crippen LogP contribution in [-0.4, -0.2) is 53.3 Å². The predicted molar refractivity (Wildman–Crippen MR) is 113 cm³/mol. The quantitative estimate of drug-likeness (QED) is 0.695. The number of carbonyl (C=O) groups is 2. The summed E-state index contributed by atoms with van der Waals surface area (Å²) < 4.78 is 1.70. The lowest BCUT2D eigenvalue weighted by molar-refractivity contribution is -0.135. The highest BCUT2D eigenvalue weighted by molar-refractivity contribution is 5.89. The Labute approximate surface area is 171 Å². The molecule has 2 unspecified atom stereocenters. The van der Waals surface area contributed by atoms with Crippen molar-refractivity contribution in [2.75, 3.05) is 32.0 Å². The number of urea groups is 1. The molecular weight excluding hydrogens is 368 g/mol. The van der Waals surface area contributed by atoms with Gasteiger partial charge in [0.05, 0.1) is 6.20 Å². The normalized spacial score (nSPS) is 17.6. The molecule has 8 nitrogen and oxygen atoms in total. The number of amides is 3. The third kappa shape index (κ3) is 5.57. The van der Waals surface area contributed by atoms with Crippen molar-refractivity contribution in [1.82, 2.24) is 25.3 Å². The number of likely N-dealkylation sites (tertiary alicyclic amines) is 1. The molecule has 3 N–H and O–H groups in total. The van der Waals surface area contributed by atoms with E-state index in [-0.39, 0.29) is 17.9 Å². The van der Waals surface area contributed by atoms with E-state index >= 15 is 0 Å². The van der Waals surface area contributed by atoms with E-state index < -0.39 is 6.04 Å². The summed E-state index contributed by atoms with van der Waals surface area (Å²) >= 11 is 0. The summed E-state index contributed by atoms with van der Waals surface area (Å²) in [5.41, 5.74) is 2.77. The van der Waals surface area contributed by atoms with Crippen LogP contribution in [0.2, 0.25) is 0 Å². The maximum absolute atomic E-state index is 13.0. The van der Waals surface area contributed by atoms with Gasteiger partial charge in [0.25, 0.3) is 0 Å². The van der Waals surface area contributed by atoms with E-state index in [0.29, 0.717) is 13.1 Å². The first-order chi connectivity index (χ1) is 14.0. The van der Waals surface area contributed by atoms with Crippen LogP contribution in [0.15, 0.2) is 36.7 Å². The molecule has 29 heavy (non-hydrogen) atoms. The minimum atomic E-state index is -0.403. The van der Waals surface area contributed by atoms with Gasteiger partial charge in [0.15, 0.2) is 0 Å². The molecule has 2 atom stereocenters. The van der Waals surface area contributed by atoms with Crippen molar-refractivity contribution >= 4 is 17.6 Å². The maximum atomic E-state index is 13.0. The van der Waals surface area contributed by atoms with Gasteiger partial charge in [-0.15, -0.1) is 0 Å². The average molecular weight is 399 g/mol. The Balaban J connectivity index is 1.51. The topological polar surface area (TPSA) is 91.3 Å². The molecule has 2 aromatic rings. The number of benzene rings is 1. The highest BCUT2D eigenvalue weighted by atomic mass is 16.2. The molecule has 156 valence electrons. The molecule has 0 bridgehead atoms. The maximum Gasteiger partial charge on any atom is 0.319 e. The lowest BCUT2D eigenvalue weighted by Crippen LogP contribution is -2.47. The lowest BCUT2D eigenvalue weighted by Gasteiger charge is -2.34. The molecule has 1 aromatic carbocycles. The van der Waals surface area contributed by atoms with Gasteiger partial charge in [-0.05, 0) is 44.9 Å². The zero-order chi connectivity index (χ0) is 20.8. The summed E-state index contributed by atoms with van der Waals surface area (Å²) in [6.45, 7) is 3.93. The Morgan fingerprint density at radius 3 is 2.69 bits per heavy atom. The Bertz CT molecular complexity index is 832. The lowest BCUT2D eigenvalue weighted by atomic mass is 9.97. The molecule has 8 heteroatoms. The minimum Gasteiger partial charge on any atom is -0.341 e. The highest BCUT2D eigenvalue weighted by Crippen LogP contribution is 2.21. The van der Waals surface area contributed by atoms with Crippen LogP contribution < -0.4 is 16.0 Å². The summed E-state index contributed by atoms with van der Waals surface area (Å²) in [7, 11) is 3.62. The summed E-state index contributed by atoms with van der Waals surface area (Å²) in [5, 5.41) is 13.0. The number of aromatic nitrogens is 2. The van der Waals surface area contributed by atoms with Gasteiger partial charge in [0.1, 0.15) is 6.04 Å². The number of nitrogens with zero attached hydrogens (tertiary/aromatic N) is 3. The summed E-state index contributed by atoms with van der Waals surface area (Å²) in [4.78, 5) is 27.1. The second-order valence-corrected chi connectivity index (χ2v) is 7.66. The Morgan fingerprint density at radius 2 is 2.03 bits per heavy atom. The highest BCUT2D eigenvalue weighted by Gasteiger charge is 2.29. The molecule has 1 aliphatic rings. The van der Waals surface area contributed by atoms with Crippen molar-refractivity contribution in [3.8, 4) is 0 Å². The zero-order valence-corrected chi connectivity index (χ0v) is 17.3. The SMILES string of the molecule is CNC(C(=O)N1CCCC(CNC(=O)Nc2ccc(C)cc2)C1)c1cnn(C)c1.